The van der Waals surface area contributed by atoms with Gasteiger partial charge in [0.05, 0.1) is 6.26 Å². The molecule has 1 aliphatic heterocycles. The van der Waals surface area contributed by atoms with Crippen LogP contribution >= 0.6 is 24.0 Å². The molecule has 0 saturated carbocycles. The highest BCUT2D eigenvalue weighted by atomic mass is 127. The molecule has 1 saturated heterocycles. The number of halogens is 1. The third-order valence-electron chi connectivity index (χ3n) is 4.51. The van der Waals surface area contributed by atoms with Crippen molar-refractivity contribution in [3.63, 3.8) is 0 Å². The van der Waals surface area contributed by atoms with E-state index in [1.54, 1.807) is 6.26 Å². The Hall–Kier alpha value is -0.760. The molecular weight excluding hydrogens is 415 g/mol. The van der Waals surface area contributed by atoms with E-state index >= 15 is 0 Å². The van der Waals surface area contributed by atoms with Crippen LogP contribution in [-0.4, -0.2) is 61.1 Å². The Morgan fingerprint density at radius 1 is 1.38 bits per heavy atom. The third kappa shape index (κ3) is 6.27. The van der Waals surface area contributed by atoms with Gasteiger partial charge in [-0.25, -0.2) is 0 Å². The number of hydrogen-bond acceptors (Lipinski definition) is 3. The molecule has 2 heterocycles. The van der Waals surface area contributed by atoms with Crippen LogP contribution in [0.15, 0.2) is 27.8 Å². The summed E-state index contributed by atoms with van der Waals surface area (Å²) in [6, 6.07) is 4.62. The van der Waals surface area contributed by atoms with Gasteiger partial charge >= 0.3 is 0 Å². The molecular formula is C18H33IN4O. The molecule has 0 radical (unpaired) electrons. The number of aliphatic imine (C=N–C) groups is 1. The number of guanidine groups is 1. The Balaban J connectivity index is 0.00000288. The number of likely N-dealkylation sites (N-methyl/N-ethyl adjacent to an activating group) is 1. The summed E-state index contributed by atoms with van der Waals surface area (Å²) in [5.41, 5.74) is 0. The van der Waals surface area contributed by atoms with Crippen LogP contribution in [0.2, 0.25) is 0 Å². The highest BCUT2D eigenvalue weighted by Crippen LogP contribution is 2.15. The monoisotopic (exact) mass is 448 g/mol. The number of nitrogens with one attached hydrogen (secondary N) is 1. The second kappa shape index (κ2) is 11.7. The summed E-state index contributed by atoms with van der Waals surface area (Å²) in [7, 11) is 0. The first-order chi connectivity index (χ1) is 11.3. The zero-order valence-electron chi connectivity index (χ0n) is 15.3. The minimum absolute atomic E-state index is 0. The summed E-state index contributed by atoms with van der Waals surface area (Å²) in [5, 5.41) is 3.53. The van der Waals surface area contributed by atoms with Crippen LogP contribution < -0.4 is 5.32 Å². The van der Waals surface area contributed by atoms with Crippen molar-refractivity contribution in [3.05, 3.63) is 24.2 Å². The molecule has 1 N–H and O–H groups in total. The molecule has 0 aromatic carbocycles. The van der Waals surface area contributed by atoms with Gasteiger partial charge in [0, 0.05) is 38.6 Å². The molecule has 0 aliphatic carbocycles. The van der Waals surface area contributed by atoms with Crippen molar-refractivity contribution in [1.29, 1.82) is 0 Å². The molecule has 1 unspecified atom stereocenters. The fraction of sp³-hybridized carbons (Fsp3) is 0.722. The van der Waals surface area contributed by atoms with Crippen molar-refractivity contribution in [2.24, 2.45) is 4.99 Å². The van der Waals surface area contributed by atoms with Gasteiger partial charge in [0.25, 0.3) is 0 Å². The molecule has 0 spiro atoms. The second-order valence-corrected chi connectivity index (χ2v) is 6.07. The van der Waals surface area contributed by atoms with Crippen molar-refractivity contribution in [3.8, 4) is 0 Å². The minimum atomic E-state index is 0. The Labute approximate surface area is 163 Å². The molecule has 1 aromatic heterocycles. The summed E-state index contributed by atoms with van der Waals surface area (Å²) in [6.45, 7) is 12.9. The maximum absolute atomic E-state index is 5.40. The fourth-order valence-electron chi connectivity index (χ4n) is 3.21. The highest BCUT2D eigenvalue weighted by Gasteiger charge is 2.27. The van der Waals surface area contributed by atoms with Gasteiger partial charge in [0.1, 0.15) is 5.76 Å². The molecule has 0 bridgehead atoms. The zero-order chi connectivity index (χ0) is 16.5. The van der Waals surface area contributed by atoms with Crippen LogP contribution in [0, 0.1) is 0 Å². The second-order valence-electron chi connectivity index (χ2n) is 6.07. The van der Waals surface area contributed by atoms with E-state index < -0.39 is 0 Å². The molecule has 6 heteroatoms. The van der Waals surface area contributed by atoms with Gasteiger partial charge in [0.15, 0.2) is 5.96 Å². The van der Waals surface area contributed by atoms with Crippen LogP contribution in [0.5, 0.6) is 0 Å². The SMILES string of the molecule is CCCN=C(NCCc1ccco1)N1CCC(N(CC)CC)C1.I. The van der Waals surface area contributed by atoms with Gasteiger partial charge in [-0.3, -0.25) is 9.89 Å². The van der Waals surface area contributed by atoms with E-state index in [1.165, 1.54) is 6.42 Å². The van der Waals surface area contributed by atoms with E-state index in [0.29, 0.717) is 6.04 Å². The molecule has 1 aliphatic rings. The van der Waals surface area contributed by atoms with E-state index in [4.69, 9.17) is 9.41 Å². The summed E-state index contributed by atoms with van der Waals surface area (Å²) >= 11 is 0. The Morgan fingerprint density at radius 2 is 2.17 bits per heavy atom. The lowest BCUT2D eigenvalue weighted by atomic mass is 10.2. The Bertz CT molecular complexity index is 460. The summed E-state index contributed by atoms with van der Waals surface area (Å²) in [4.78, 5) is 9.74. The van der Waals surface area contributed by atoms with Gasteiger partial charge in [-0.05, 0) is 38.1 Å². The number of rotatable bonds is 8. The van der Waals surface area contributed by atoms with Crippen LogP contribution in [0.25, 0.3) is 0 Å². The van der Waals surface area contributed by atoms with Crippen molar-refractivity contribution < 1.29 is 4.42 Å². The first-order valence-electron chi connectivity index (χ1n) is 9.08. The van der Waals surface area contributed by atoms with Gasteiger partial charge in [-0.15, -0.1) is 24.0 Å². The van der Waals surface area contributed by atoms with Gasteiger partial charge in [0.2, 0.25) is 0 Å². The molecule has 1 fully saturated rings. The number of hydrogen-bond donors (Lipinski definition) is 1. The maximum Gasteiger partial charge on any atom is 0.193 e. The molecule has 138 valence electrons. The highest BCUT2D eigenvalue weighted by molar-refractivity contribution is 14.0. The Morgan fingerprint density at radius 3 is 2.79 bits per heavy atom. The van der Waals surface area contributed by atoms with Gasteiger partial charge < -0.3 is 14.6 Å². The lowest BCUT2D eigenvalue weighted by molar-refractivity contribution is 0.223. The van der Waals surface area contributed by atoms with E-state index in [-0.39, 0.29) is 24.0 Å². The number of likely N-dealkylation sites (tertiary alicyclic amines) is 1. The Kier molecular flexibility index (Phi) is 10.4. The van der Waals surface area contributed by atoms with Crippen molar-refractivity contribution in [1.82, 2.24) is 15.1 Å². The first-order valence-corrected chi connectivity index (χ1v) is 9.08. The maximum atomic E-state index is 5.40. The van der Waals surface area contributed by atoms with E-state index in [1.807, 2.05) is 12.1 Å². The molecule has 24 heavy (non-hydrogen) atoms. The summed E-state index contributed by atoms with van der Waals surface area (Å²) in [6.07, 6.45) is 4.94. The minimum Gasteiger partial charge on any atom is -0.469 e. The summed E-state index contributed by atoms with van der Waals surface area (Å²) < 4.78 is 5.40. The molecule has 2 rings (SSSR count). The van der Waals surface area contributed by atoms with Crippen LogP contribution in [0.3, 0.4) is 0 Å². The van der Waals surface area contributed by atoms with Crippen molar-refractivity contribution in [2.45, 2.75) is 46.1 Å². The predicted octanol–water partition coefficient (Wildman–Crippen LogP) is 3.21. The van der Waals surface area contributed by atoms with E-state index in [9.17, 15) is 0 Å². The number of nitrogens with zero attached hydrogens (tertiary/aromatic N) is 3. The fourth-order valence-corrected chi connectivity index (χ4v) is 3.21. The van der Waals surface area contributed by atoms with Crippen molar-refractivity contribution in [2.75, 3.05) is 39.3 Å². The average molecular weight is 448 g/mol. The smallest absolute Gasteiger partial charge is 0.193 e. The lowest BCUT2D eigenvalue weighted by Crippen LogP contribution is -2.43. The third-order valence-corrected chi connectivity index (χ3v) is 4.51. The normalized spacial score (nSPS) is 18.1. The van der Waals surface area contributed by atoms with Crippen LogP contribution in [0.4, 0.5) is 0 Å². The average Bonchev–Trinajstić information content (AvgIpc) is 3.24. The van der Waals surface area contributed by atoms with Gasteiger partial charge in [-0.2, -0.15) is 0 Å². The molecule has 5 nitrogen and oxygen atoms in total. The largest absolute Gasteiger partial charge is 0.469 e. The zero-order valence-corrected chi connectivity index (χ0v) is 17.7. The first kappa shape index (κ1) is 21.3. The number of furan rings is 1. The van der Waals surface area contributed by atoms with E-state index in [0.717, 1.165) is 63.8 Å². The summed E-state index contributed by atoms with van der Waals surface area (Å²) in [5.74, 6) is 2.09. The van der Waals surface area contributed by atoms with Crippen molar-refractivity contribution >= 4 is 29.9 Å². The predicted molar refractivity (Wildman–Crippen MR) is 111 cm³/mol. The lowest BCUT2D eigenvalue weighted by Gasteiger charge is -2.27. The standard InChI is InChI=1S/C18H32N4O.HI/c1-4-11-19-18(20-12-9-17-8-7-14-23-17)22-13-10-16(15-22)21(5-2)6-3;/h7-8,14,16H,4-6,9-13,15H2,1-3H3,(H,19,20);1H. The van der Waals surface area contributed by atoms with Gasteiger partial charge in [-0.1, -0.05) is 20.8 Å². The molecule has 0 amide bonds. The molecule has 1 atom stereocenters. The quantitative estimate of drug-likeness (QED) is 0.377. The van der Waals surface area contributed by atoms with E-state index in [2.05, 4.69) is 35.9 Å². The molecule has 1 aromatic rings. The topological polar surface area (TPSA) is 44.0 Å². The van der Waals surface area contributed by atoms with Crippen LogP contribution in [0.1, 0.15) is 39.4 Å². The van der Waals surface area contributed by atoms with Crippen LogP contribution in [-0.2, 0) is 6.42 Å².